The molecular formula is C15H23ClN2O. The fraction of sp³-hybridized carbons (Fsp3) is 0.667. The summed E-state index contributed by atoms with van der Waals surface area (Å²) in [4.78, 5) is 6.88. The molecule has 0 spiro atoms. The van der Waals surface area contributed by atoms with Gasteiger partial charge < -0.3 is 9.64 Å². The molecule has 0 aromatic carbocycles. The molecule has 0 saturated heterocycles. The van der Waals surface area contributed by atoms with E-state index >= 15 is 0 Å². The number of rotatable bonds is 6. The van der Waals surface area contributed by atoms with Crippen LogP contribution in [0.1, 0.15) is 39.0 Å². The van der Waals surface area contributed by atoms with Gasteiger partial charge in [0.1, 0.15) is 0 Å². The number of ether oxygens (including phenoxy) is 1. The van der Waals surface area contributed by atoms with Crippen LogP contribution in [0.5, 0.6) is 5.75 Å². The summed E-state index contributed by atoms with van der Waals surface area (Å²) in [6.45, 7) is 3.50. The van der Waals surface area contributed by atoms with Crippen molar-refractivity contribution in [2.75, 3.05) is 23.9 Å². The van der Waals surface area contributed by atoms with E-state index in [0.717, 1.165) is 18.1 Å². The quantitative estimate of drug-likeness (QED) is 0.741. The molecule has 1 aromatic rings. The second-order valence-electron chi connectivity index (χ2n) is 4.93. The van der Waals surface area contributed by atoms with Crippen molar-refractivity contribution in [2.24, 2.45) is 0 Å². The Kier molecular flexibility index (Phi) is 5.77. The highest BCUT2D eigenvalue weighted by atomic mass is 35.5. The van der Waals surface area contributed by atoms with Crippen molar-refractivity contribution >= 4 is 17.4 Å². The molecule has 1 heterocycles. The summed E-state index contributed by atoms with van der Waals surface area (Å²) in [5.74, 6) is 2.45. The minimum Gasteiger partial charge on any atom is -0.490 e. The van der Waals surface area contributed by atoms with E-state index in [2.05, 4.69) is 9.88 Å². The summed E-state index contributed by atoms with van der Waals surface area (Å²) in [5, 5.41) is 0. The van der Waals surface area contributed by atoms with Crippen LogP contribution in [-0.4, -0.2) is 30.1 Å². The van der Waals surface area contributed by atoms with Gasteiger partial charge in [-0.15, -0.1) is 11.6 Å². The first-order valence-electron chi connectivity index (χ1n) is 7.27. The summed E-state index contributed by atoms with van der Waals surface area (Å²) in [6, 6.07) is 4.48. The van der Waals surface area contributed by atoms with Crippen molar-refractivity contribution < 1.29 is 4.74 Å². The fourth-order valence-electron chi connectivity index (χ4n) is 2.81. The van der Waals surface area contributed by atoms with Gasteiger partial charge >= 0.3 is 0 Å². The van der Waals surface area contributed by atoms with Crippen LogP contribution in [0.4, 0.5) is 5.82 Å². The lowest BCUT2D eigenvalue weighted by molar-refractivity contribution is 0.335. The van der Waals surface area contributed by atoms with E-state index in [4.69, 9.17) is 16.3 Å². The Morgan fingerprint density at radius 1 is 1.37 bits per heavy atom. The maximum Gasteiger partial charge on any atom is 0.171 e. The van der Waals surface area contributed by atoms with Crippen LogP contribution in [0, 0.1) is 0 Å². The van der Waals surface area contributed by atoms with Crippen molar-refractivity contribution in [3.8, 4) is 5.75 Å². The molecule has 3 nitrogen and oxygen atoms in total. The standard InChI is InChI=1S/C15H23ClN2O/c1-2-19-14-9-6-11-17-15(14)18(12-10-16)13-7-4-3-5-8-13/h6,9,11,13H,2-5,7-8,10,12H2,1H3. The first kappa shape index (κ1) is 14.4. The summed E-state index contributed by atoms with van der Waals surface area (Å²) >= 11 is 5.98. The summed E-state index contributed by atoms with van der Waals surface area (Å²) in [6.07, 6.45) is 8.27. The number of halogens is 1. The van der Waals surface area contributed by atoms with E-state index in [0.29, 0.717) is 18.5 Å². The van der Waals surface area contributed by atoms with Crippen molar-refractivity contribution in [1.29, 1.82) is 0 Å². The monoisotopic (exact) mass is 282 g/mol. The summed E-state index contributed by atoms with van der Waals surface area (Å²) < 4.78 is 5.71. The Morgan fingerprint density at radius 3 is 2.84 bits per heavy atom. The van der Waals surface area contributed by atoms with Crippen LogP contribution in [0.2, 0.25) is 0 Å². The van der Waals surface area contributed by atoms with Crippen molar-refractivity contribution in [3.05, 3.63) is 18.3 Å². The Bertz CT molecular complexity index is 380. The van der Waals surface area contributed by atoms with Gasteiger partial charge in [0.2, 0.25) is 0 Å². The molecular weight excluding hydrogens is 260 g/mol. The van der Waals surface area contributed by atoms with Gasteiger partial charge in [-0.25, -0.2) is 4.98 Å². The lowest BCUT2D eigenvalue weighted by atomic mass is 9.94. The molecule has 0 bridgehead atoms. The number of anilines is 1. The largest absolute Gasteiger partial charge is 0.490 e. The molecule has 1 saturated carbocycles. The van der Waals surface area contributed by atoms with Gasteiger partial charge in [0.25, 0.3) is 0 Å². The molecule has 1 aliphatic rings. The van der Waals surface area contributed by atoms with Crippen LogP contribution in [-0.2, 0) is 0 Å². The highest BCUT2D eigenvalue weighted by molar-refractivity contribution is 6.18. The highest BCUT2D eigenvalue weighted by Crippen LogP contribution is 2.31. The van der Waals surface area contributed by atoms with Crippen molar-refractivity contribution in [2.45, 2.75) is 45.1 Å². The topological polar surface area (TPSA) is 25.4 Å². The molecule has 4 heteroatoms. The second-order valence-corrected chi connectivity index (χ2v) is 5.31. The van der Waals surface area contributed by atoms with Crippen molar-refractivity contribution in [1.82, 2.24) is 4.98 Å². The number of alkyl halides is 1. The molecule has 0 N–H and O–H groups in total. The third kappa shape index (κ3) is 3.75. The molecule has 0 radical (unpaired) electrons. The molecule has 0 aliphatic heterocycles. The Morgan fingerprint density at radius 2 is 2.16 bits per heavy atom. The number of hydrogen-bond donors (Lipinski definition) is 0. The summed E-state index contributed by atoms with van der Waals surface area (Å²) in [5.41, 5.74) is 0. The van der Waals surface area contributed by atoms with Crippen LogP contribution in [0.3, 0.4) is 0 Å². The SMILES string of the molecule is CCOc1cccnc1N(CCCl)C1CCCCC1. The molecule has 1 fully saturated rings. The number of aromatic nitrogens is 1. The Labute approximate surface area is 120 Å². The predicted molar refractivity (Wildman–Crippen MR) is 80.3 cm³/mol. The van der Waals surface area contributed by atoms with Gasteiger partial charge in [-0.2, -0.15) is 0 Å². The Balaban J connectivity index is 2.21. The van der Waals surface area contributed by atoms with Gasteiger partial charge in [-0.3, -0.25) is 0 Å². The minimum absolute atomic E-state index is 0.557. The minimum atomic E-state index is 0.557. The zero-order valence-electron chi connectivity index (χ0n) is 11.6. The molecule has 0 unspecified atom stereocenters. The molecule has 106 valence electrons. The first-order chi connectivity index (χ1) is 9.36. The molecule has 19 heavy (non-hydrogen) atoms. The van der Waals surface area contributed by atoms with E-state index in [1.807, 2.05) is 25.3 Å². The zero-order valence-corrected chi connectivity index (χ0v) is 12.4. The average molecular weight is 283 g/mol. The highest BCUT2D eigenvalue weighted by Gasteiger charge is 2.24. The molecule has 1 aliphatic carbocycles. The van der Waals surface area contributed by atoms with Crippen LogP contribution in [0.15, 0.2) is 18.3 Å². The lowest BCUT2D eigenvalue weighted by Gasteiger charge is -2.35. The number of hydrogen-bond acceptors (Lipinski definition) is 3. The van der Waals surface area contributed by atoms with Crippen LogP contribution < -0.4 is 9.64 Å². The van der Waals surface area contributed by atoms with Gasteiger partial charge in [0.15, 0.2) is 11.6 Å². The predicted octanol–water partition coefficient (Wildman–Crippen LogP) is 3.86. The van der Waals surface area contributed by atoms with E-state index in [1.165, 1.54) is 32.1 Å². The van der Waals surface area contributed by atoms with Gasteiger partial charge in [-0.1, -0.05) is 19.3 Å². The smallest absolute Gasteiger partial charge is 0.171 e. The van der Waals surface area contributed by atoms with E-state index in [-0.39, 0.29) is 0 Å². The normalized spacial score (nSPS) is 16.3. The van der Waals surface area contributed by atoms with Gasteiger partial charge in [0, 0.05) is 24.7 Å². The summed E-state index contributed by atoms with van der Waals surface area (Å²) in [7, 11) is 0. The van der Waals surface area contributed by atoms with E-state index < -0.39 is 0 Å². The fourth-order valence-corrected chi connectivity index (χ4v) is 2.99. The van der Waals surface area contributed by atoms with Gasteiger partial charge in [-0.05, 0) is 31.9 Å². The van der Waals surface area contributed by atoms with Crippen molar-refractivity contribution in [3.63, 3.8) is 0 Å². The number of pyridine rings is 1. The molecule has 0 atom stereocenters. The third-order valence-electron chi connectivity index (χ3n) is 3.66. The molecule has 2 rings (SSSR count). The van der Waals surface area contributed by atoms with Crippen LogP contribution >= 0.6 is 11.6 Å². The maximum absolute atomic E-state index is 5.98. The van der Waals surface area contributed by atoms with E-state index in [9.17, 15) is 0 Å². The third-order valence-corrected chi connectivity index (χ3v) is 3.83. The lowest BCUT2D eigenvalue weighted by Crippen LogP contribution is -2.39. The van der Waals surface area contributed by atoms with E-state index in [1.54, 1.807) is 0 Å². The maximum atomic E-state index is 5.98. The van der Waals surface area contributed by atoms with Gasteiger partial charge in [0.05, 0.1) is 6.61 Å². The first-order valence-corrected chi connectivity index (χ1v) is 7.80. The molecule has 0 amide bonds. The number of nitrogens with zero attached hydrogens (tertiary/aromatic N) is 2. The molecule has 1 aromatic heterocycles. The Hall–Kier alpha value is -0.960. The van der Waals surface area contributed by atoms with Crippen LogP contribution in [0.25, 0.3) is 0 Å². The average Bonchev–Trinajstić information content (AvgIpc) is 2.47. The zero-order chi connectivity index (χ0) is 13.5. The second kappa shape index (κ2) is 7.59.